The molecule has 0 aliphatic heterocycles. The molecule has 0 bridgehead atoms. The van der Waals surface area contributed by atoms with E-state index < -0.39 is 0 Å². The van der Waals surface area contributed by atoms with Gasteiger partial charge in [0.15, 0.2) is 0 Å². The molecule has 0 amide bonds. The predicted octanol–water partition coefficient (Wildman–Crippen LogP) is 1.73. The van der Waals surface area contributed by atoms with Crippen molar-refractivity contribution in [3.05, 3.63) is 0 Å². The van der Waals surface area contributed by atoms with Gasteiger partial charge in [-0.2, -0.15) is 0 Å². The van der Waals surface area contributed by atoms with E-state index in [1.807, 2.05) is 0 Å². The molecule has 0 spiro atoms. The van der Waals surface area contributed by atoms with Gasteiger partial charge < -0.3 is 10.1 Å². The Kier molecular flexibility index (Phi) is 9.06. The van der Waals surface area contributed by atoms with Crippen LogP contribution >= 0.6 is 0 Å². The van der Waals surface area contributed by atoms with Crippen LogP contribution in [0, 0.1) is 0 Å². The van der Waals surface area contributed by atoms with Gasteiger partial charge in [-0.25, -0.2) is 0 Å². The molecule has 0 aliphatic carbocycles. The summed E-state index contributed by atoms with van der Waals surface area (Å²) in [6.45, 7) is 12.9. The normalized spacial score (nSPS) is 13.8. The van der Waals surface area contributed by atoms with E-state index in [1.165, 1.54) is 6.42 Å². The molecule has 0 aliphatic rings. The van der Waals surface area contributed by atoms with Crippen LogP contribution in [0.5, 0.6) is 0 Å². The van der Waals surface area contributed by atoms with E-state index in [4.69, 9.17) is 4.74 Å². The summed E-state index contributed by atoms with van der Waals surface area (Å²) in [7, 11) is 1.76. The van der Waals surface area contributed by atoms with Gasteiger partial charge >= 0.3 is 0 Å². The number of hydrogen-bond acceptors (Lipinski definition) is 3. The van der Waals surface area contributed by atoms with E-state index >= 15 is 0 Å². The second kappa shape index (κ2) is 9.13. The summed E-state index contributed by atoms with van der Waals surface area (Å²) in [4.78, 5) is 2.44. The second-order valence-corrected chi connectivity index (χ2v) is 4.39. The standard InChI is InChI=1S/C12H28N2O/c1-6-12(4)13-7-8-14(11(2)3)9-10-15-5/h11-13H,6-10H2,1-5H3. The Morgan fingerprint density at radius 1 is 1.20 bits per heavy atom. The molecular weight excluding hydrogens is 188 g/mol. The lowest BCUT2D eigenvalue weighted by molar-refractivity contribution is 0.129. The van der Waals surface area contributed by atoms with Crippen molar-refractivity contribution in [1.82, 2.24) is 10.2 Å². The molecule has 1 unspecified atom stereocenters. The van der Waals surface area contributed by atoms with E-state index in [0.717, 1.165) is 26.2 Å². The summed E-state index contributed by atoms with van der Waals surface area (Å²) in [5, 5.41) is 3.51. The first-order valence-corrected chi connectivity index (χ1v) is 6.08. The van der Waals surface area contributed by atoms with Crippen LogP contribution in [0.1, 0.15) is 34.1 Å². The fourth-order valence-electron chi connectivity index (χ4n) is 1.44. The highest BCUT2D eigenvalue weighted by atomic mass is 16.5. The Morgan fingerprint density at radius 2 is 1.87 bits per heavy atom. The van der Waals surface area contributed by atoms with Gasteiger partial charge in [0, 0.05) is 38.8 Å². The van der Waals surface area contributed by atoms with E-state index in [0.29, 0.717) is 12.1 Å². The third kappa shape index (κ3) is 7.77. The first kappa shape index (κ1) is 14.9. The molecule has 15 heavy (non-hydrogen) atoms. The van der Waals surface area contributed by atoms with Crippen LogP contribution in [0.25, 0.3) is 0 Å². The minimum absolute atomic E-state index is 0.596. The zero-order chi connectivity index (χ0) is 11.7. The van der Waals surface area contributed by atoms with Gasteiger partial charge in [-0.1, -0.05) is 6.92 Å². The van der Waals surface area contributed by atoms with Crippen molar-refractivity contribution in [3.8, 4) is 0 Å². The van der Waals surface area contributed by atoms with E-state index in [2.05, 4.69) is 37.9 Å². The molecule has 0 rings (SSSR count). The van der Waals surface area contributed by atoms with Gasteiger partial charge in [0.2, 0.25) is 0 Å². The molecule has 3 heteroatoms. The molecular formula is C12H28N2O. The Morgan fingerprint density at radius 3 is 2.33 bits per heavy atom. The van der Waals surface area contributed by atoms with Crippen molar-refractivity contribution >= 4 is 0 Å². The SMILES string of the molecule is CCC(C)NCCN(CCOC)C(C)C. The van der Waals surface area contributed by atoms with Gasteiger partial charge in [0.1, 0.15) is 0 Å². The zero-order valence-electron chi connectivity index (χ0n) is 11.0. The fourth-order valence-corrected chi connectivity index (χ4v) is 1.44. The van der Waals surface area contributed by atoms with Crippen molar-refractivity contribution in [2.75, 3.05) is 33.4 Å². The van der Waals surface area contributed by atoms with Crippen molar-refractivity contribution < 1.29 is 4.74 Å². The van der Waals surface area contributed by atoms with Gasteiger partial charge in [-0.3, -0.25) is 4.90 Å². The number of rotatable bonds is 9. The van der Waals surface area contributed by atoms with Crippen LogP contribution in [-0.4, -0.2) is 50.3 Å². The first-order valence-electron chi connectivity index (χ1n) is 6.08. The summed E-state index contributed by atoms with van der Waals surface area (Å²) in [6.07, 6.45) is 1.19. The quantitative estimate of drug-likeness (QED) is 0.635. The van der Waals surface area contributed by atoms with Crippen molar-refractivity contribution in [2.45, 2.75) is 46.2 Å². The summed E-state index contributed by atoms with van der Waals surface area (Å²) < 4.78 is 5.11. The number of methoxy groups -OCH3 is 1. The molecule has 0 saturated carbocycles. The Hall–Kier alpha value is -0.120. The van der Waals surface area contributed by atoms with Crippen LogP contribution in [0.2, 0.25) is 0 Å². The Labute approximate surface area is 95.2 Å². The molecule has 0 saturated heterocycles. The Balaban J connectivity index is 3.66. The van der Waals surface area contributed by atoms with Gasteiger partial charge in [0.25, 0.3) is 0 Å². The lowest BCUT2D eigenvalue weighted by atomic mass is 10.2. The minimum atomic E-state index is 0.596. The summed E-state index contributed by atoms with van der Waals surface area (Å²) in [6, 6.07) is 1.22. The maximum absolute atomic E-state index is 5.11. The van der Waals surface area contributed by atoms with Crippen LogP contribution in [0.15, 0.2) is 0 Å². The fraction of sp³-hybridized carbons (Fsp3) is 1.00. The van der Waals surface area contributed by atoms with Gasteiger partial charge in [-0.05, 0) is 27.2 Å². The summed E-state index contributed by atoms with van der Waals surface area (Å²) in [5.74, 6) is 0. The summed E-state index contributed by atoms with van der Waals surface area (Å²) >= 11 is 0. The summed E-state index contributed by atoms with van der Waals surface area (Å²) in [5.41, 5.74) is 0. The maximum Gasteiger partial charge on any atom is 0.0589 e. The lowest BCUT2D eigenvalue weighted by Gasteiger charge is -2.26. The van der Waals surface area contributed by atoms with Gasteiger partial charge in [0.05, 0.1) is 6.61 Å². The van der Waals surface area contributed by atoms with Gasteiger partial charge in [-0.15, -0.1) is 0 Å². The highest BCUT2D eigenvalue weighted by molar-refractivity contribution is 4.66. The number of nitrogens with zero attached hydrogens (tertiary/aromatic N) is 1. The smallest absolute Gasteiger partial charge is 0.0589 e. The molecule has 0 aromatic rings. The number of hydrogen-bond donors (Lipinski definition) is 1. The van der Waals surface area contributed by atoms with Crippen LogP contribution in [0.3, 0.4) is 0 Å². The lowest BCUT2D eigenvalue weighted by Crippen LogP contribution is -2.40. The van der Waals surface area contributed by atoms with Crippen LogP contribution in [0.4, 0.5) is 0 Å². The van der Waals surface area contributed by atoms with E-state index in [1.54, 1.807) is 7.11 Å². The van der Waals surface area contributed by atoms with Crippen LogP contribution < -0.4 is 5.32 Å². The molecule has 1 N–H and O–H groups in total. The second-order valence-electron chi connectivity index (χ2n) is 4.39. The third-order valence-corrected chi connectivity index (χ3v) is 2.82. The molecule has 1 atom stereocenters. The molecule has 0 heterocycles. The average Bonchev–Trinajstić information content (AvgIpc) is 2.22. The molecule has 0 radical (unpaired) electrons. The molecule has 0 fully saturated rings. The number of ether oxygens (including phenoxy) is 1. The number of nitrogens with one attached hydrogen (secondary N) is 1. The molecule has 0 aromatic heterocycles. The highest BCUT2D eigenvalue weighted by Gasteiger charge is 2.08. The van der Waals surface area contributed by atoms with Crippen LogP contribution in [-0.2, 0) is 4.74 Å². The molecule has 0 aromatic carbocycles. The Bertz CT molecular complexity index is 140. The molecule has 92 valence electrons. The monoisotopic (exact) mass is 216 g/mol. The van der Waals surface area contributed by atoms with E-state index in [9.17, 15) is 0 Å². The molecule has 3 nitrogen and oxygen atoms in total. The highest BCUT2D eigenvalue weighted by Crippen LogP contribution is 1.97. The van der Waals surface area contributed by atoms with Crippen molar-refractivity contribution in [1.29, 1.82) is 0 Å². The largest absolute Gasteiger partial charge is 0.383 e. The third-order valence-electron chi connectivity index (χ3n) is 2.82. The first-order chi connectivity index (χ1) is 7.11. The van der Waals surface area contributed by atoms with Crippen molar-refractivity contribution in [2.24, 2.45) is 0 Å². The average molecular weight is 216 g/mol. The van der Waals surface area contributed by atoms with E-state index in [-0.39, 0.29) is 0 Å². The predicted molar refractivity (Wildman–Crippen MR) is 66.3 cm³/mol. The minimum Gasteiger partial charge on any atom is -0.383 e. The zero-order valence-corrected chi connectivity index (χ0v) is 11.0. The topological polar surface area (TPSA) is 24.5 Å². The maximum atomic E-state index is 5.11. The van der Waals surface area contributed by atoms with Crippen molar-refractivity contribution in [3.63, 3.8) is 0 Å².